The fourth-order valence-corrected chi connectivity index (χ4v) is 3.07. The van der Waals surface area contributed by atoms with Gasteiger partial charge >= 0.3 is 0 Å². The van der Waals surface area contributed by atoms with E-state index in [0.29, 0.717) is 5.92 Å². The molecule has 21 heavy (non-hydrogen) atoms. The molecule has 1 N–H and O–H groups in total. The van der Waals surface area contributed by atoms with E-state index in [4.69, 9.17) is 4.52 Å². The Labute approximate surface area is 124 Å². The molecule has 3 nitrogen and oxygen atoms in total. The topological polar surface area (TPSA) is 38.1 Å². The van der Waals surface area contributed by atoms with Crippen LogP contribution in [0.25, 0.3) is 0 Å². The van der Waals surface area contributed by atoms with E-state index >= 15 is 0 Å². The molecule has 1 fully saturated rings. The van der Waals surface area contributed by atoms with Crippen molar-refractivity contribution in [3.05, 3.63) is 52.7 Å². The monoisotopic (exact) mass is 288 g/mol. The fourth-order valence-electron chi connectivity index (χ4n) is 3.07. The van der Waals surface area contributed by atoms with Crippen molar-refractivity contribution in [1.82, 2.24) is 10.5 Å². The van der Waals surface area contributed by atoms with Crippen molar-refractivity contribution in [3.63, 3.8) is 0 Å². The van der Waals surface area contributed by atoms with Crippen molar-refractivity contribution in [2.24, 2.45) is 5.92 Å². The second-order valence-corrected chi connectivity index (χ2v) is 5.99. The summed E-state index contributed by atoms with van der Waals surface area (Å²) in [6.45, 7) is 6.04. The van der Waals surface area contributed by atoms with E-state index in [0.717, 1.165) is 22.6 Å². The first kappa shape index (κ1) is 14.3. The minimum atomic E-state index is -0.188. The second-order valence-electron chi connectivity index (χ2n) is 5.99. The van der Waals surface area contributed by atoms with Crippen LogP contribution in [0.1, 0.15) is 54.4 Å². The summed E-state index contributed by atoms with van der Waals surface area (Å²) in [7, 11) is 0. The number of hydrogen-bond donors (Lipinski definition) is 1. The molecule has 0 saturated heterocycles. The lowest BCUT2D eigenvalue weighted by Gasteiger charge is -2.24. The standard InChI is InChI=1S/C17H21FN2O/c1-10(16-11(2)20-21-12(16)3)19-17(13-4-5-13)14-6-8-15(18)9-7-14/h6-10,13,17,19H,4-5H2,1-3H3. The van der Waals surface area contributed by atoms with Crippen molar-refractivity contribution in [2.75, 3.05) is 0 Å². The minimum absolute atomic E-state index is 0.159. The Morgan fingerprint density at radius 3 is 2.43 bits per heavy atom. The molecule has 0 spiro atoms. The van der Waals surface area contributed by atoms with Crippen LogP contribution >= 0.6 is 0 Å². The highest BCUT2D eigenvalue weighted by atomic mass is 19.1. The average Bonchev–Trinajstić information content (AvgIpc) is 3.23. The number of benzene rings is 1. The molecule has 1 aliphatic carbocycles. The van der Waals surface area contributed by atoms with Crippen LogP contribution in [0.15, 0.2) is 28.8 Å². The second kappa shape index (κ2) is 5.60. The third-order valence-corrected chi connectivity index (χ3v) is 4.27. The Morgan fingerprint density at radius 1 is 1.24 bits per heavy atom. The number of hydrogen-bond acceptors (Lipinski definition) is 3. The van der Waals surface area contributed by atoms with Crippen LogP contribution < -0.4 is 5.32 Å². The first-order chi connectivity index (χ1) is 10.1. The molecule has 2 atom stereocenters. The molecule has 3 rings (SSSR count). The number of rotatable bonds is 5. The largest absolute Gasteiger partial charge is 0.361 e. The number of nitrogens with one attached hydrogen (secondary N) is 1. The van der Waals surface area contributed by atoms with Crippen molar-refractivity contribution >= 4 is 0 Å². The number of aromatic nitrogens is 1. The van der Waals surface area contributed by atoms with Crippen LogP contribution in [-0.4, -0.2) is 5.16 Å². The van der Waals surface area contributed by atoms with Gasteiger partial charge in [0.15, 0.2) is 0 Å². The van der Waals surface area contributed by atoms with Crippen LogP contribution in [0, 0.1) is 25.6 Å². The van der Waals surface area contributed by atoms with Gasteiger partial charge in [-0.25, -0.2) is 4.39 Å². The van der Waals surface area contributed by atoms with Gasteiger partial charge in [0.1, 0.15) is 11.6 Å². The summed E-state index contributed by atoms with van der Waals surface area (Å²) in [5.41, 5.74) is 3.21. The first-order valence-corrected chi connectivity index (χ1v) is 7.50. The molecular weight excluding hydrogens is 267 g/mol. The molecular formula is C17H21FN2O. The van der Waals surface area contributed by atoms with Gasteiger partial charge < -0.3 is 9.84 Å². The Bertz CT molecular complexity index is 597. The summed E-state index contributed by atoms with van der Waals surface area (Å²) in [5, 5.41) is 7.70. The van der Waals surface area contributed by atoms with E-state index in [-0.39, 0.29) is 17.9 Å². The van der Waals surface area contributed by atoms with Gasteiger partial charge in [-0.15, -0.1) is 0 Å². The Hall–Kier alpha value is -1.68. The van der Waals surface area contributed by atoms with Gasteiger partial charge in [-0.3, -0.25) is 0 Å². The molecule has 4 heteroatoms. The van der Waals surface area contributed by atoms with Crippen LogP contribution in [0.4, 0.5) is 4.39 Å². The number of aryl methyl sites for hydroxylation is 2. The Morgan fingerprint density at radius 2 is 1.90 bits per heavy atom. The number of halogens is 1. The number of nitrogens with zero attached hydrogens (tertiary/aromatic N) is 1. The predicted molar refractivity (Wildman–Crippen MR) is 79.4 cm³/mol. The third kappa shape index (κ3) is 3.00. The summed E-state index contributed by atoms with van der Waals surface area (Å²) in [5.74, 6) is 1.31. The van der Waals surface area contributed by atoms with Gasteiger partial charge in [0.2, 0.25) is 0 Å². The molecule has 112 valence electrons. The molecule has 2 unspecified atom stereocenters. The summed E-state index contributed by atoms with van der Waals surface area (Å²) in [6, 6.07) is 7.25. The van der Waals surface area contributed by atoms with E-state index < -0.39 is 0 Å². The van der Waals surface area contributed by atoms with E-state index in [1.807, 2.05) is 26.0 Å². The van der Waals surface area contributed by atoms with Crippen molar-refractivity contribution in [1.29, 1.82) is 0 Å². The Balaban J connectivity index is 1.81. The van der Waals surface area contributed by atoms with E-state index in [1.165, 1.54) is 25.0 Å². The highest BCUT2D eigenvalue weighted by molar-refractivity contribution is 5.27. The van der Waals surface area contributed by atoms with Gasteiger partial charge in [0.05, 0.1) is 5.69 Å². The molecule has 1 saturated carbocycles. The molecule has 1 aliphatic rings. The molecule has 0 aliphatic heterocycles. The smallest absolute Gasteiger partial charge is 0.138 e. The highest BCUT2D eigenvalue weighted by Gasteiger charge is 2.34. The molecule has 2 aromatic rings. The maximum absolute atomic E-state index is 13.1. The lowest BCUT2D eigenvalue weighted by Crippen LogP contribution is -2.26. The Kier molecular flexibility index (Phi) is 3.81. The molecule has 0 amide bonds. The molecule has 1 heterocycles. The molecule has 0 radical (unpaired) electrons. The maximum Gasteiger partial charge on any atom is 0.138 e. The SMILES string of the molecule is Cc1noc(C)c1C(C)NC(c1ccc(F)cc1)C1CC1. The fraction of sp³-hybridized carbons (Fsp3) is 0.471. The summed E-state index contributed by atoms with van der Waals surface area (Å²) < 4.78 is 18.4. The van der Waals surface area contributed by atoms with E-state index in [9.17, 15) is 4.39 Å². The van der Waals surface area contributed by atoms with Gasteiger partial charge in [0, 0.05) is 17.6 Å². The van der Waals surface area contributed by atoms with Crippen molar-refractivity contribution < 1.29 is 8.91 Å². The van der Waals surface area contributed by atoms with Crippen molar-refractivity contribution in [2.45, 2.75) is 45.7 Å². The normalized spacial score (nSPS) is 17.7. The summed E-state index contributed by atoms with van der Waals surface area (Å²) >= 11 is 0. The van der Waals surface area contributed by atoms with Crippen LogP contribution in [0.2, 0.25) is 0 Å². The van der Waals surface area contributed by atoms with E-state index in [2.05, 4.69) is 17.4 Å². The summed E-state index contributed by atoms with van der Waals surface area (Å²) in [4.78, 5) is 0. The minimum Gasteiger partial charge on any atom is -0.361 e. The first-order valence-electron chi connectivity index (χ1n) is 7.50. The molecule has 0 bridgehead atoms. The zero-order valence-corrected chi connectivity index (χ0v) is 12.7. The van der Waals surface area contributed by atoms with E-state index in [1.54, 1.807) is 0 Å². The summed E-state index contributed by atoms with van der Waals surface area (Å²) in [6.07, 6.45) is 2.45. The average molecular weight is 288 g/mol. The lowest BCUT2D eigenvalue weighted by atomic mass is 9.99. The lowest BCUT2D eigenvalue weighted by molar-refractivity contribution is 0.386. The van der Waals surface area contributed by atoms with Crippen molar-refractivity contribution in [3.8, 4) is 0 Å². The molecule has 1 aromatic carbocycles. The predicted octanol–water partition coefficient (Wildman–Crippen LogP) is 4.23. The van der Waals surface area contributed by atoms with Crippen LogP contribution in [0.5, 0.6) is 0 Å². The van der Waals surface area contributed by atoms with Gasteiger partial charge in [-0.2, -0.15) is 0 Å². The van der Waals surface area contributed by atoms with Gasteiger partial charge in [-0.1, -0.05) is 17.3 Å². The third-order valence-electron chi connectivity index (χ3n) is 4.27. The zero-order valence-electron chi connectivity index (χ0n) is 12.7. The molecule has 1 aromatic heterocycles. The quantitative estimate of drug-likeness (QED) is 0.894. The van der Waals surface area contributed by atoms with Crippen LogP contribution in [-0.2, 0) is 0 Å². The zero-order chi connectivity index (χ0) is 15.0. The highest BCUT2D eigenvalue weighted by Crippen LogP contribution is 2.42. The maximum atomic E-state index is 13.1. The van der Waals surface area contributed by atoms with Gasteiger partial charge in [-0.05, 0) is 57.2 Å². The van der Waals surface area contributed by atoms with Gasteiger partial charge in [0.25, 0.3) is 0 Å². The van der Waals surface area contributed by atoms with Crippen LogP contribution in [0.3, 0.4) is 0 Å².